The van der Waals surface area contributed by atoms with E-state index in [0.717, 1.165) is 24.9 Å². The number of fused-ring (bicyclic) bond motifs is 2. The number of aryl methyl sites for hydroxylation is 1. The highest BCUT2D eigenvalue weighted by Crippen LogP contribution is 2.33. The van der Waals surface area contributed by atoms with Gasteiger partial charge in [-0.2, -0.15) is 0 Å². The molecular formula is C20H19N2. The fourth-order valence-electron chi connectivity index (χ4n) is 3.31. The Kier molecular flexibility index (Phi) is 3.51. The average molecular weight is 287 g/mol. The van der Waals surface area contributed by atoms with Gasteiger partial charge in [-0.3, -0.25) is 4.98 Å². The molecule has 4 rings (SSSR count). The predicted octanol–water partition coefficient (Wildman–Crippen LogP) is 4.53. The maximum absolute atomic E-state index is 4.89. The Morgan fingerprint density at radius 1 is 1.05 bits per heavy atom. The zero-order valence-electron chi connectivity index (χ0n) is 12.6. The van der Waals surface area contributed by atoms with E-state index in [0.29, 0.717) is 0 Å². The third kappa shape index (κ3) is 2.45. The lowest BCUT2D eigenvalue weighted by molar-refractivity contribution is 0.672. The molecule has 22 heavy (non-hydrogen) atoms. The SMILES string of the molecule is [c]1cccc(CNc2c3c(nc4ccccc24)CCCC3)c1. The number of anilines is 1. The Morgan fingerprint density at radius 3 is 2.86 bits per heavy atom. The Balaban J connectivity index is 1.77. The summed E-state index contributed by atoms with van der Waals surface area (Å²) in [5.74, 6) is 0. The lowest BCUT2D eigenvalue weighted by Gasteiger charge is -2.21. The first-order valence-corrected chi connectivity index (χ1v) is 8.01. The van der Waals surface area contributed by atoms with Crippen LogP contribution < -0.4 is 5.32 Å². The molecule has 1 aromatic heterocycles. The van der Waals surface area contributed by atoms with Crippen molar-refractivity contribution in [3.05, 3.63) is 71.4 Å². The summed E-state index contributed by atoms with van der Waals surface area (Å²) in [6.45, 7) is 0.831. The van der Waals surface area contributed by atoms with E-state index in [4.69, 9.17) is 4.98 Å². The molecule has 2 aromatic carbocycles. The number of hydrogen-bond acceptors (Lipinski definition) is 2. The first kappa shape index (κ1) is 13.3. The third-order valence-corrected chi connectivity index (χ3v) is 4.41. The molecule has 1 radical (unpaired) electrons. The summed E-state index contributed by atoms with van der Waals surface area (Å²) in [5.41, 5.74) is 6.35. The minimum absolute atomic E-state index is 0.831. The van der Waals surface area contributed by atoms with Crippen LogP contribution in [-0.2, 0) is 19.4 Å². The van der Waals surface area contributed by atoms with Gasteiger partial charge >= 0.3 is 0 Å². The van der Waals surface area contributed by atoms with Crippen molar-refractivity contribution in [3.63, 3.8) is 0 Å². The second kappa shape index (κ2) is 5.80. The normalized spacial score (nSPS) is 13.8. The molecule has 1 heterocycles. The number of hydrogen-bond donors (Lipinski definition) is 1. The molecule has 0 spiro atoms. The number of aromatic nitrogens is 1. The van der Waals surface area contributed by atoms with Crippen molar-refractivity contribution in [2.45, 2.75) is 32.2 Å². The van der Waals surface area contributed by atoms with Crippen LogP contribution in [0.25, 0.3) is 10.9 Å². The van der Waals surface area contributed by atoms with Crippen molar-refractivity contribution in [1.29, 1.82) is 0 Å². The lowest BCUT2D eigenvalue weighted by atomic mass is 9.92. The highest BCUT2D eigenvalue weighted by atomic mass is 14.9. The second-order valence-electron chi connectivity index (χ2n) is 5.90. The maximum atomic E-state index is 4.89. The summed E-state index contributed by atoms with van der Waals surface area (Å²) < 4.78 is 0. The molecule has 0 unspecified atom stereocenters. The van der Waals surface area contributed by atoms with Gasteiger partial charge in [-0.15, -0.1) is 0 Å². The van der Waals surface area contributed by atoms with Gasteiger partial charge in [0.1, 0.15) is 0 Å². The first-order chi connectivity index (χ1) is 10.9. The number of pyridine rings is 1. The highest BCUT2D eigenvalue weighted by molar-refractivity contribution is 5.93. The molecule has 2 nitrogen and oxygen atoms in total. The fraction of sp³-hybridized carbons (Fsp3) is 0.250. The minimum atomic E-state index is 0.831. The molecule has 0 fully saturated rings. The van der Waals surface area contributed by atoms with Crippen molar-refractivity contribution in [3.8, 4) is 0 Å². The van der Waals surface area contributed by atoms with E-state index < -0.39 is 0 Å². The van der Waals surface area contributed by atoms with E-state index in [9.17, 15) is 0 Å². The van der Waals surface area contributed by atoms with Crippen molar-refractivity contribution < 1.29 is 0 Å². The van der Waals surface area contributed by atoms with Crippen molar-refractivity contribution >= 4 is 16.6 Å². The highest BCUT2D eigenvalue weighted by Gasteiger charge is 2.17. The van der Waals surface area contributed by atoms with Gasteiger partial charge in [0, 0.05) is 23.3 Å². The molecule has 0 amide bonds. The second-order valence-corrected chi connectivity index (χ2v) is 5.90. The average Bonchev–Trinajstić information content (AvgIpc) is 2.59. The van der Waals surface area contributed by atoms with Crippen LogP contribution in [0.1, 0.15) is 29.7 Å². The number of nitrogens with one attached hydrogen (secondary N) is 1. The van der Waals surface area contributed by atoms with Crippen molar-refractivity contribution in [2.75, 3.05) is 5.32 Å². The van der Waals surface area contributed by atoms with E-state index in [2.05, 4.69) is 41.7 Å². The Bertz CT molecular complexity index is 793. The Hall–Kier alpha value is -2.35. The van der Waals surface area contributed by atoms with Crippen LogP contribution in [0.4, 0.5) is 5.69 Å². The van der Waals surface area contributed by atoms with Gasteiger partial charge in [0.25, 0.3) is 0 Å². The quantitative estimate of drug-likeness (QED) is 0.765. The van der Waals surface area contributed by atoms with Gasteiger partial charge in [-0.25, -0.2) is 0 Å². The summed E-state index contributed by atoms with van der Waals surface area (Å²) >= 11 is 0. The van der Waals surface area contributed by atoms with Gasteiger partial charge in [0.2, 0.25) is 0 Å². The molecule has 0 aliphatic heterocycles. The van der Waals surface area contributed by atoms with Crippen LogP contribution >= 0.6 is 0 Å². The summed E-state index contributed by atoms with van der Waals surface area (Å²) in [6, 6.07) is 19.8. The molecule has 0 bridgehead atoms. The van der Waals surface area contributed by atoms with Gasteiger partial charge in [0.05, 0.1) is 5.52 Å². The van der Waals surface area contributed by atoms with Crippen LogP contribution in [0.3, 0.4) is 0 Å². The molecular weight excluding hydrogens is 268 g/mol. The van der Waals surface area contributed by atoms with Gasteiger partial charge in [-0.1, -0.05) is 36.4 Å². The molecule has 0 saturated heterocycles. The number of para-hydroxylation sites is 1. The van der Waals surface area contributed by atoms with E-state index in [1.807, 2.05) is 18.2 Å². The zero-order valence-corrected chi connectivity index (χ0v) is 12.6. The topological polar surface area (TPSA) is 24.9 Å². The molecule has 1 aliphatic carbocycles. The van der Waals surface area contributed by atoms with Gasteiger partial charge in [0.15, 0.2) is 0 Å². The Morgan fingerprint density at radius 2 is 1.95 bits per heavy atom. The number of benzene rings is 2. The van der Waals surface area contributed by atoms with Gasteiger partial charge in [-0.05, 0) is 55.0 Å². The molecule has 1 N–H and O–H groups in total. The van der Waals surface area contributed by atoms with Gasteiger partial charge < -0.3 is 5.32 Å². The number of nitrogens with zero attached hydrogens (tertiary/aromatic N) is 1. The number of rotatable bonds is 3. The van der Waals surface area contributed by atoms with Crippen LogP contribution in [-0.4, -0.2) is 4.98 Å². The van der Waals surface area contributed by atoms with Crippen LogP contribution in [0.5, 0.6) is 0 Å². The van der Waals surface area contributed by atoms with E-state index in [-0.39, 0.29) is 0 Å². The smallest absolute Gasteiger partial charge is 0.0726 e. The summed E-state index contributed by atoms with van der Waals surface area (Å²) in [7, 11) is 0. The predicted molar refractivity (Wildman–Crippen MR) is 91.0 cm³/mol. The molecule has 0 saturated carbocycles. The van der Waals surface area contributed by atoms with Crippen LogP contribution in [0.15, 0.2) is 48.5 Å². The molecule has 2 heteroatoms. The largest absolute Gasteiger partial charge is 0.380 e. The third-order valence-electron chi connectivity index (χ3n) is 4.41. The first-order valence-electron chi connectivity index (χ1n) is 8.01. The van der Waals surface area contributed by atoms with Crippen molar-refractivity contribution in [1.82, 2.24) is 4.98 Å². The minimum Gasteiger partial charge on any atom is -0.380 e. The Labute approximate surface area is 131 Å². The molecule has 3 aromatic rings. The van der Waals surface area contributed by atoms with E-state index >= 15 is 0 Å². The summed E-state index contributed by atoms with van der Waals surface area (Å²) in [6.07, 6.45) is 4.76. The molecule has 0 atom stereocenters. The van der Waals surface area contributed by atoms with E-state index in [1.54, 1.807) is 0 Å². The van der Waals surface area contributed by atoms with Crippen molar-refractivity contribution in [2.24, 2.45) is 0 Å². The van der Waals surface area contributed by atoms with E-state index in [1.165, 1.54) is 40.7 Å². The molecule has 1 aliphatic rings. The fourth-order valence-corrected chi connectivity index (χ4v) is 3.31. The van der Waals surface area contributed by atoms with Crippen LogP contribution in [0.2, 0.25) is 0 Å². The van der Waals surface area contributed by atoms with Crippen LogP contribution in [0, 0.1) is 6.07 Å². The maximum Gasteiger partial charge on any atom is 0.0726 e. The standard InChI is InChI=1S/C20H19N2/c1-2-8-15(9-3-1)14-21-20-16-10-4-6-12-18(16)22-19-13-7-5-11-17(19)20/h1-2,4,6,8-10,12H,5,7,11,13-14H2,(H,21,22). The monoisotopic (exact) mass is 287 g/mol. The summed E-state index contributed by atoms with van der Waals surface area (Å²) in [4.78, 5) is 4.89. The zero-order chi connectivity index (χ0) is 14.8. The summed E-state index contributed by atoms with van der Waals surface area (Å²) in [5, 5.41) is 4.91. The lowest BCUT2D eigenvalue weighted by Crippen LogP contribution is -2.11. The molecule has 109 valence electrons.